The van der Waals surface area contributed by atoms with Crippen molar-refractivity contribution in [2.75, 3.05) is 13.1 Å². The smallest absolute Gasteiger partial charge is 0.237 e. The third kappa shape index (κ3) is 2.92. The maximum atomic E-state index is 11.6. The lowest BCUT2D eigenvalue weighted by atomic mass is 9.89. The molecule has 2 N–H and O–H groups in total. The van der Waals surface area contributed by atoms with E-state index in [4.69, 9.17) is 0 Å². The molecule has 0 spiro atoms. The normalized spacial score (nSPS) is 19.7. The zero-order valence-electron chi connectivity index (χ0n) is 9.28. The summed E-state index contributed by atoms with van der Waals surface area (Å²) in [4.78, 5) is 11.6. The van der Waals surface area contributed by atoms with Gasteiger partial charge in [-0.05, 0) is 32.9 Å². The quantitative estimate of drug-likeness (QED) is 0.700. The minimum atomic E-state index is -3.48. The van der Waals surface area contributed by atoms with Gasteiger partial charge in [-0.2, -0.15) is 0 Å². The van der Waals surface area contributed by atoms with E-state index in [1.165, 1.54) is 0 Å². The Morgan fingerprint density at radius 1 is 1.33 bits per heavy atom. The van der Waals surface area contributed by atoms with Crippen molar-refractivity contribution in [3.05, 3.63) is 0 Å². The van der Waals surface area contributed by atoms with Crippen LogP contribution in [0.4, 0.5) is 0 Å². The molecule has 0 bridgehead atoms. The van der Waals surface area contributed by atoms with E-state index < -0.39 is 21.2 Å². The first kappa shape index (κ1) is 12.4. The Kier molecular flexibility index (Phi) is 3.72. The van der Waals surface area contributed by atoms with Crippen LogP contribution in [-0.4, -0.2) is 32.7 Å². The molecule has 0 aromatic carbocycles. The summed E-state index contributed by atoms with van der Waals surface area (Å²) in [7, 11) is -3.48. The molecule has 1 rings (SSSR count). The Hall–Kier alpha value is -0.620. The molecule has 6 heteroatoms. The first-order chi connectivity index (χ1) is 6.84. The first-order valence-corrected chi connectivity index (χ1v) is 6.65. The van der Waals surface area contributed by atoms with Crippen LogP contribution < -0.4 is 10.0 Å². The van der Waals surface area contributed by atoms with Crippen LogP contribution in [0.1, 0.15) is 20.8 Å². The highest BCUT2D eigenvalue weighted by molar-refractivity contribution is 7.90. The van der Waals surface area contributed by atoms with Crippen LogP contribution in [0.2, 0.25) is 0 Å². The van der Waals surface area contributed by atoms with E-state index >= 15 is 0 Å². The highest BCUT2D eigenvalue weighted by Gasteiger charge is 2.31. The number of nitrogens with one attached hydrogen (secondary N) is 2. The van der Waals surface area contributed by atoms with Gasteiger partial charge in [0, 0.05) is 5.92 Å². The molecule has 1 saturated heterocycles. The van der Waals surface area contributed by atoms with Gasteiger partial charge >= 0.3 is 0 Å². The SMILES string of the molecule is CC(C(=O)NS(=O)(=O)C(C)C)C1CNC1. The fraction of sp³-hybridized carbons (Fsp3) is 0.889. The van der Waals surface area contributed by atoms with Gasteiger partial charge in [0.15, 0.2) is 0 Å². The molecule has 1 fully saturated rings. The Bertz CT molecular complexity index is 333. The number of hydrogen-bond donors (Lipinski definition) is 2. The lowest BCUT2D eigenvalue weighted by Crippen LogP contribution is -2.50. The fourth-order valence-electron chi connectivity index (χ4n) is 1.23. The van der Waals surface area contributed by atoms with Gasteiger partial charge in [-0.15, -0.1) is 0 Å². The van der Waals surface area contributed by atoms with E-state index in [0.717, 1.165) is 13.1 Å². The van der Waals surface area contributed by atoms with E-state index in [9.17, 15) is 13.2 Å². The van der Waals surface area contributed by atoms with Gasteiger partial charge in [0.2, 0.25) is 15.9 Å². The summed E-state index contributed by atoms with van der Waals surface area (Å²) in [6, 6.07) is 0. The third-order valence-electron chi connectivity index (χ3n) is 2.80. The molecule has 1 unspecified atom stereocenters. The van der Waals surface area contributed by atoms with Crippen molar-refractivity contribution in [2.24, 2.45) is 11.8 Å². The summed E-state index contributed by atoms with van der Waals surface area (Å²) >= 11 is 0. The van der Waals surface area contributed by atoms with Gasteiger partial charge < -0.3 is 5.32 Å². The van der Waals surface area contributed by atoms with Gasteiger partial charge in [0.05, 0.1) is 5.25 Å². The number of hydrogen-bond acceptors (Lipinski definition) is 4. The first-order valence-electron chi connectivity index (χ1n) is 5.10. The second kappa shape index (κ2) is 4.49. The monoisotopic (exact) mass is 234 g/mol. The van der Waals surface area contributed by atoms with E-state index in [1.807, 2.05) is 0 Å². The van der Waals surface area contributed by atoms with Crippen LogP contribution in [0.3, 0.4) is 0 Å². The predicted octanol–water partition coefficient (Wildman–Crippen LogP) is -0.304. The maximum absolute atomic E-state index is 11.6. The van der Waals surface area contributed by atoms with E-state index in [-0.39, 0.29) is 11.8 Å². The van der Waals surface area contributed by atoms with E-state index in [2.05, 4.69) is 10.0 Å². The average molecular weight is 234 g/mol. The highest BCUT2D eigenvalue weighted by atomic mass is 32.2. The minimum Gasteiger partial charge on any atom is -0.316 e. The largest absolute Gasteiger partial charge is 0.316 e. The van der Waals surface area contributed by atoms with Crippen LogP contribution in [0.5, 0.6) is 0 Å². The van der Waals surface area contributed by atoms with Crippen molar-refractivity contribution in [3.63, 3.8) is 0 Å². The predicted molar refractivity (Wildman–Crippen MR) is 57.7 cm³/mol. The van der Waals surface area contributed by atoms with Crippen molar-refractivity contribution in [1.29, 1.82) is 0 Å². The van der Waals surface area contributed by atoms with Crippen molar-refractivity contribution in [1.82, 2.24) is 10.0 Å². The number of rotatable bonds is 4. The molecule has 0 aliphatic carbocycles. The fourth-order valence-corrected chi connectivity index (χ4v) is 1.93. The topological polar surface area (TPSA) is 75.3 Å². The average Bonchev–Trinajstić information content (AvgIpc) is 1.99. The molecule has 1 aliphatic heterocycles. The lowest BCUT2D eigenvalue weighted by molar-refractivity contribution is -0.124. The van der Waals surface area contributed by atoms with Gasteiger partial charge in [-0.25, -0.2) is 8.42 Å². The van der Waals surface area contributed by atoms with Gasteiger partial charge in [0.1, 0.15) is 0 Å². The number of carbonyl (C=O) groups is 1. The standard InChI is InChI=1S/C9H18N2O3S/c1-6(2)15(13,14)11-9(12)7(3)8-4-10-5-8/h6-8,10H,4-5H2,1-3H3,(H,11,12). The minimum absolute atomic E-state index is 0.250. The molecule has 1 aliphatic rings. The Balaban J connectivity index is 2.55. The van der Waals surface area contributed by atoms with Crippen LogP contribution in [0, 0.1) is 11.8 Å². The summed E-state index contributed by atoms with van der Waals surface area (Å²) in [6.45, 7) is 6.43. The highest BCUT2D eigenvalue weighted by Crippen LogP contribution is 2.16. The van der Waals surface area contributed by atoms with Crippen molar-refractivity contribution in [3.8, 4) is 0 Å². The van der Waals surface area contributed by atoms with Gasteiger partial charge in [-0.3, -0.25) is 9.52 Å². The van der Waals surface area contributed by atoms with Crippen molar-refractivity contribution in [2.45, 2.75) is 26.0 Å². The van der Waals surface area contributed by atoms with E-state index in [1.54, 1.807) is 20.8 Å². The molecule has 88 valence electrons. The summed E-state index contributed by atoms with van der Waals surface area (Å²) < 4.78 is 25.0. The molecule has 0 aromatic rings. The summed E-state index contributed by atoms with van der Waals surface area (Å²) in [5.41, 5.74) is 0. The molecule has 1 atom stereocenters. The lowest BCUT2D eigenvalue weighted by Gasteiger charge is -2.31. The molecule has 0 saturated carbocycles. The molecule has 1 amide bonds. The molecule has 5 nitrogen and oxygen atoms in total. The van der Waals surface area contributed by atoms with Crippen LogP contribution in [-0.2, 0) is 14.8 Å². The van der Waals surface area contributed by atoms with Crippen LogP contribution >= 0.6 is 0 Å². The molecular formula is C9H18N2O3S. The van der Waals surface area contributed by atoms with Crippen LogP contribution in [0.15, 0.2) is 0 Å². The molecule has 0 radical (unpaired) electrons. The van der Waals surface area contributed by atoms with E-state index in [0.29, 0.717) is 0 Å². The number of sulfonamides is 1. The van der Waals surface area contributed by atoms with Gasteiger partial charge in [0.25, 0.3) is 0 Å². The number of amides is 1. The molecular weight excluding hydrogens is 216 g/mol. The molecule has 1 heterocycles. The summed E-state index contributed by atoms with van der Waals surface area (Å²) in [5, 5.41) is 2.48. The second-order valence-corrected chi connectivity index (χ2v) is 6.50. The summed E-state index contributed by atoms with van der Waals surface area (Å²) in [6.07, 6.45) is 0. The maximum Gasteiger partial charge on any atom is 0.237 e. The Morgan fingerprint density at radius 2 is 1.87 bits per heavy atom. The third-order valence-corrected chi connectivity index (χ3v) is 4.52. The molecule has 15 heavy (non-hydrogen) atoms. The second-order valence-electron chi connectivity index (χ2n) is 4.27. The van der Waals surface area contributed by atoms with Crippen molar-refractivity contribution >= 4 is 15.9 Å². The van der Waals surface area contributed by atoms with Gasteiger partial charge in [-0.1, -0.05) is 6.92 Å². The van der Waals surface area contributed by atoms with Crippen LogP contribution in [0.25, 0.3) is 0 Å². The molecule has 0 aromatic heterocycles. The zero-order valence-corrected chi connectivity index (χ0v) is 10.1. The van der Waals surface area contributed by atoms with Crippen molar-refractivity contribution < 1.29 is 13.2 Å². The summed E-state index contributed by atoms with van der Waals surface area (Å²) in [5.74, 6) is -0.387. The Labute approximate surface area is 90.7 Å². The Morgan fingerprint density at radius 3 is 2.20 bits per heavy atom. The zero-order chi connectivity index (χ0) is 11.6. The number of carbonyl (C=O) groups excluding carboxylic acids is 1.